The summed E-state index contributed by atoms with van der Waals surface area (Å²) in [6, 6.07) is 1.87. The molecule has 19 heavy (non-hydrogen) atoms. The molecule has 5 nitrogen and oxygen atoms in total. The molecule has 2 amide bonds. The lowest BCUT2D eigenvalue weighted by atomic mass is 9.98. The van der Waals surface area contributed by atoms with Crippen LogP contribution in [0.2, 0.25) is 0 Å². The van der Waals surface area contributed by atoms with Crippen LogP contribution in [-0.2, 0) is 16.0 Å². The van der Waals surface area contributed by atoms with Crippen LogP contribution >= 0.6 is 11.3 Å². The Labute approximate surface area is 116 Å². The van der Waals surface area contributed by atoms with Gasteiger partial charge in [-0.2, -0.15) is 11.3 Å². The number of carbonyl (C=O) groups is 2. The van der Waals surface area contributed by atoms with Crippen molar-refractivity contribution in [3.8, 4) is 0 Å². The fraction of sp³-hybridized carbons (Fsp3) is 0.538. The summed E-state index contributed by atoms with van der Waals surface area (Å²) in [6.07, 6.45) is 3.51. The van der Waals surface area contributed by atoms with Crippen LogP contribution in [0.3, 0.4) is 0 Å². The number of aliphatic hydroxyl groups is 1. The lowest BCUT2D eigenvalue weighted by Crippen LogP contribution is -2.45. The molecular formula is C13H18N2O3S. The highest BCUT2D eigenvalue weighted by Crippen LogP contribution is 2.31. The van der Waals surface area contributed by atoms with Crippen molar-refractivity contribution in [2.24, 2.45) is 0 Å². The number of hydrogen-bond donors (Lipinski definition) is 3. The van der Waals surface area contributed by atoms with E-state index in [1.807, 2.05) is 16.8 Å². The summed E-state index contributed by atoms with van der Waals surface area (Å²) in [5, 5.41) is 13.9. The van der Waals surface area contributed by atoms with E-state index < -0.39 is 5.60 Å². The maximum Gasteiger partial charge on any atom is 0.242 e. The van der Waals surface area contributed by atoms with Gasteiger partial charge in [-0.05, 0) is 35.2 Å². The molecule has 3 N–H and O–H groups in total. The molecule has 0 unspecified atom stereocenters. The normalized spacial score (nSPS) is 17.1. The van der Waals surface area contributed by atoms with Crippen LogP contribution in [0.4, 0.5) is 0 Å². The number of nitrogens with one attached hydrogen (secondary N) is 2. The minimum Gasteiger partial charge on any atom is -0.389 e. The molecule has 0 spiro atoms. The number of carbonyl (C=O) groups excluding carboxylic acids is 2. The molecule has 6 heteroatoms. The third kappa shape index (κ3) is 4.33. The molecule has 0 atom stereocenters. The maximum absolute atomic E-state index is 11.6. The van der Waals surface area contributed by atoms with Crippen molar-refractivity contribution in [2.75, 3.05) is 0 Å². The molecule has 0 radical (unpaired) electrons. The molecule has 2 rings (SSSR count). The van der Waals surface area contributed by atoms with Gasteiger partial charge in [0.15, 0.2) is 0 Å². The molecule has 0 aliphatic heterocycles. The minimum atomic E-state index is -0.887. The standard InChI is InChI=1S/C13H18N2O3S/c16-11(7-10-3-6-19-9-10)14-15-12(17)8-13(18)4-1-2-5-13/h3,6,9,18H,1-2,4-5,7-8H2,(H,14,16)(H,15,17). The van der Waals surface area contributed by atoms with Crippen molar-refractivity contribution in [2.45, 2.75) is 44.1 Å². The van der Waals surface area contributed by atoms with Crippen molar-refractivity contribution in [1.82, 2.24) is 10.9 Å². The number of hydrogen-bond acceptors (Lipinski definition) is 4. The molecule has 1 aromatic rings. The highest BCUT2D eigenvalue weighted by atomic mass is 32.1. The van der Waals surface area contributed by atoms with Crippen LogP contribution in [0.15, 0.2) is 16.8 Å². The fourth-order valence-corrected chi connectivity index (χ4v) is 2.98. The van der Waals surface area contributed by atoms with E-state index in [-0.39, 0.29) is 24.7 Å². The summed E-state index contributed by atoms with van der Waals surface area (Å²) in [4.78, 5) is 23.2. The van der Waals surface area contributed by atoms with E-state index in [1.165, 1.54) is 11.3 Å². The zero-order chi connectivity index (χ0) is 13.7. The fourth-order valence-electron chi connectivity index (χ4n) is 2.32. The largest absolute Gasteiger partial charge is 0.389 e. The molecule has 1 heterocycles. The lowest BCUT2D eigenvalue weighted by molar-refractivity contribution is -0.131. The lowest BCUT2D eigenvalue weighted by Gasteiger charge is -2.21. The summed E-state index contributed by atoms with van der Waals surface area (Å²) in [7, 11) is 0. The summed E-state index contributed by atoms with van der Waals surface area (Å²) in [5.74, 6) is -0.603. The van der Waals surface area contributed by atoms with Gasteiger partial charge in [0.25, 0.3) is 0 Å². The van der Waals surface area contributed by atoms with E-state index in [4.69, 9.17) is 0 Å². The smallest absolute Gasteiger partial charge is 0.242 e. The Morgan fingerprint density at radius 3 is 2.58 bits per heavy atom. The van der Waals surface area contributed by atoms with Crippen molar-refractivity contribution < 1.29 is 14.7 Å². The number of thiophene rings is 1. The van der Waals surface area contributed by atoms with Crippen molar-refractivity contribution >= 4 is 23.2 Å². The highest BCUT2D eigenvalue weighted by Gasteiger charge is 2.33. The van der Waals surface area contributed by atoms with Gasteiger partial charge in [0.2, 0.25) is 11.8 Å². The molecule has 1 aliphatic carbocycles. The van der Waals surface area contributed by atoms with Crippen LogP contribution < -0.4 is 10.9 Å². The van der Waals surface area contributed by atoms with E-state index in [0.717, 1.165) is 18.4 Å². The predicted octanol–water partition coefficient (Wildman–Crippen LogP) is 1.13. The Morgan fingerprint density at radius 2 is 1.95 bits per heavy atom. The Bertz CT molecular complexity index is 439. The molecule has 104 valence electrons. The van der Waals surface area contributed by atoms with Crippen LogP contribution in [0, 0.1) is 0 Å². The topological polar surface area (TPSA) is 78.4 Å². The first-order valence-electron chi connectivity index (χ1n) is 6.39. The SMILES string of the molecule is O=C(Cc1ccsc1)NNC(=O)CC1(O)CCCC1. The highest BCUT2D eigenvalue weighted by molar-refractivity contribution is 7.07. The number of hydrazine groups is 1. The van der Waals surface area contributed by atoms with Gasteiger partial charge < -0.3 is 5.11 Å². The molecule has 0 aromatic carbocycles. The van der Waals surface area contributed by atoms with Crippen molar-refractivity contribution in [3.05, 3.63) is 22.4 Å². The molecule has 1 aromatic heterocycles. The molecule has 1 fully saturated rings. The minimum absolute atomic E-state index is 0.0474. The van der Waals surface area contributed by atoms with E-state index in [0.29, 0.717) is 12.8 Å². The second-order valence-electron chi connectivity index (χ2n) is 5.01. The first-order chi connectivity index (χ1) is 9.07. The van der Waals surface area contributed by atoms with E-state index in [1.54, 1.807) is 0 Å². The van der Waals surface area contributed by atoms with Gasteiger partial charge in [-0.3, -0.25) is 20.4 Å². The second-order valence-corrected chi connectivity index (χ2v) is 5.79. The molecular weight excluding hydrogens is 264 g/mol. The average molecular weight is 282 g/mol. The quantitative estimate of drug-likeness (QED) is 0.724. The molecule has 1 saturated carbocycles. The zero-order valence-corrected chi connectivity index (χ0v) is 11.5. The Hall–Kier alpha value is -1.40. The Morgan fingerprint density at radius 1 is 1.26 bits per heavy atom. The van der Waals surface area contributed by atoms with Gasteiger partial charge in [-0.15, -0.1) is 0 Å². The van der Waals surface area contributed by atoms with Gasteiger partial charge in [0.05, 0.1) is 18.4 Å². The third-order valence-electron chi connectivity index (χ3n) is 3.31. The van der Waals surface area contributed by atoms with Gasteiger partial charge >= 0.3 is 0 Å². The third-order valence-corrected chi connectivity index (χ3v) is 4.04. The summed E-state index contributed by atoms with van der Waals surface area (Å²) in [6.45, 7) is 0. The van der Waals surface area contributed by atoms with E-state index >= 15 is 0 Å². The van der Waals surface area contributed by atoms with E-state index in [9.17, 15) is 14.7 Å². The number of amides is 2. The van der Waals surface area contributed by atoms with E-state index in [2.05, 4.69) is 10.9 Å². The molecule has 1 aliphatic rings. The number of rotatable bonds is 4. The first-order valence-corrected chi connectivity index (χ1v) is 7.33. The zero-order valence-electron chi connectivity index (χ0n) is 10.6. The molecule has 0 bridgehead atoms. The van der Waals surface area contributed by atoms with Crippen molar-refractivity contribution in [1.29, 1.82) is 0 Å². The Balaban J connectivity index is 1.70. The predicted molar refractivity (Wildman–Crippen MR) is 72.3 cm³/mol. The summed E-state index contributed by atoms with van der Waals surface area (Å²) < 4.78 is 0. The van der Waals surface area contributed by atoms with Gasteiger partial charge in [0, 0.05) is 0 Å². The van der Waals surface area contributed by atoms with Crippen LogP contribution in [0.1, 0.15) is 37.7 Å². The van der Waals surface area contributed by atoms with Crippen LogP contribution in [0.25, 0.3) is 0 Å². The van der Waals surface area contributed by atoms with Crippen LogP contribution in [-0.4, -0.2) is 22.5 Å². The monoisotopic (exact) mass is 282 g/mol. The van der Waals surface area contributed by atoms with Gasteiger partial charge in [0.1, 0.15) is 0 Å². The second kappa shape index (κ2) is 6.16. The Kier molecular flexibility index (Phi) is 4.55. The first kappa shape index (κ1) is 14.0. The average Bonchev–Trinajstić information content (AvgIpc) is 2.98. The van der Waals surface area contributed by atoms with Crippen LogP contribution in [0.5, 0.6) is 0 Å². The van der Waals surface area contributed by atoms with Gasteiger partial charge in [-0.1, -0.05) is 12.8 Å². The van der Waals surface area contributed by atoms with Gasteiger partial charge in [-0.25, -0.2) is 0 Å². The van der Waals surface area contributed by atoms with Crippen molar-refractivity contribution in [3.63, 3.8) is 0 Å². The molecule has 0 saturated heterocycles. The maximum atomic E-state index is 11.6. The summed E-state index contributed by atoms with van der Waals surface area (Å²) in [5.41, 5.74) is 4.75. The summed E-state index contributed by atoms with van der Waals surface area (Å²) >= 11 is 1.53.